The molecule has 0 atom stereocenters. The zero-order valence-corrected chi connectivity index (χ0v) is 19.7. The van der Waals surface area contributed by atoms with E-state index in [1.165, 1.54) is 16.8 Å². The predicted molar refractivity (Wildman–Crippen MR) is 127 cm³/mol. The van der Waals surface area contributed by atoms with Crippen LogP contribution in [0.15, 0.2) is 42.5 Å². The van der Waals surface area contributed by atoms with E-state index in [0.717, 1.165) is 12.1 Å². The number of carbonyl (C=O) groups excluding carboxylic acids is 1. The first kappa shape index (κ1) is 26.2. The largest absolute Gasteiger partial charge is 0.453 e. The number of aryl methyl sites for hydroxylation is 1. The molecule has 4 aromatic rings. The van der Waals surface area contributed by atoms with E-state index in [0.29, 0.717) is 23.2 Å². The van der Waals surface area contributed by atoms with Crippen molar-refractivity contribution in [3.05, 3.63) is 75.8 Å². The number of ether oxygens (including phenoxy) is 1. The number of anilines is 2. The molecule has 194 valence electrons. The summed E-state index contributed by atoms with van der Waals surface area (Å²) in [5, 5.41) is 16.3. The van der Waals surface area contributed by atoms with Crippen molar-refractivity contribution >= 4 is 39.9 Å². The Hall–Kier alpha value is -3.90. The Balaban J connectivity index is 1.89. The van der Waals surface area contributed by atoms with Crippen LogP contribution in [0.1, 0.15) is 21.5 Å². The number of nitrogens with zero attached hydrogens (tertiary/aromatic N) is 2. The molecule has 0 aliphatic rings. The van der Waals surface area contributed by atoms with Gasteiger partial charge in [0, 0.05) is 25.3 Å². The second-order valence-corrected chi connectivity index (χ2v) is 8.38. The molecule has 37 heavy (non-hydrogen) atoms. The van der Waals surface area contributed by atoms with E-state index in [1.807, 2.05) is 0 Å². The van der Waals surface area contributed by atoms with E-state index in [-0.39, 0.29) is 52.5 Å². The smallest absolute Gasteiger partial charge is 0.416 e. The Morgan fingerprint density at radius 2 is 1.89 bits per heavy atom. The van der Waals surface area contributed by atoms with Gasteiger partial charge in [-0.2, -0.15) is 18.3 Å². The van der Waals surface area contributed by atoms with Crippen molar-refractivity contribution in [1.29, 1.82) is 0 Å². The highest BCUT2D eigenvalue weighted by Gasteiger charge is 2.32. The van der Waals surface area contributed by atoms with Crippen LogP contribution in [-0.4, -0.2) is 27.4 Å². The van der Waals surface area contributed by atoms with E-state index in [4.69, 9.17) is 22.1 Å². The van der Waals surface area contributed by atoms with Gasteiger partial charge in [-0.05, 0) is 48.4 Å². The summed E-state index contributed by atoms with van der Waals surface area (Å²) < 4.78 is 74.6. The van der Waals surface area contributed by atoms with Gasteiger partial charge in [0.25, 0.3) is 5.91 Å². The molecule has 0 aliphatic heterocycles. The van der Waals surface area contributed by atoms with Crippen molar-refractivity contribution in [2.45, 2.75) is 12.6 Å². The summed E-state index contributed by atoms with van der Waals surface area (Å²) in [6.45, 7) is -0.303. The molecule has 1 amide bonds. The van der Waals surface area contributed by atoms with Gasteiger partial charge in [-0.3, -0.25) is 9.48 Å². The Labute approximate surface area is 211 Å². The van der Waals surface area contributed by atoms with Crippen LogP contribution in [-0.2, 0) is 19.6 Å². The van der Waals surface area contributed by atoms with Crippen LogP contribution in [0.4, 0.5) is 33.5 Å². The van der Waals surface area contributed by atoms with Crippen LogP contribution in [0.3, 0.4) is 0 Å². The molecular weight excluding hydrogens is 523 g/mol. The topological polar surface area (TPSA) is 102 Å². The van der Waals surface area contributed by atoms with Crippen molar-refractivity contribution < 1.29 is 36.6 Å². The molecule has 4 rings (SSSR count). The maximum atomic E-state index is 13.9. The predicted octanol–water partition coefficient (Wildman–Crippen LogP) is 5.69. The van der Waals surface area contributed by atoms with Gasteiger partial charge < -0.3 is 20.9 Å². The number of fused-ring (bicyclic) bond motifs is 1. The lowest BCUT2D eigenvalue weighted by Gasteiger charge is -2.17. The fraction of sp³-hybridized carbons (Fsp3) is 0.167. The molecule has 0 fully saturated rings. The Bertz CT molecular complexity index is 1520. The zero-order chi connectivity index (χ0) is 27.1. The summed E-state index contributed by atoms with van der Waals surface area (Å²) in [7, 11) is 1.57. The van der Waals surface area contributed by atoms with Crippen LogP contribution >= 0.6 is 11.6 Å². The highest BCUT2D eigenvalue weighted by Crippen LogP contribution is 2.44. The summed E-state index contributed by atoms with van der Waals surface area (Å²) >= 11 is 6.14. The molecule has 0 saturated carbocycles. The number of rotatable bonds is 6. The van der Waals surface area contributed by atoms with Crippen molar-refractivity contribution in [2.75, 3.05) is 17.7 Å². The van der Waals surface area contributed by atoms with E-state index < -0.39 is 34.8 Å². The summed E-state index contributed by atoms with van der Waals surface area (Å²) in [6.07, 6.45) is -4.81. The lowest BCUT2D eigenvalue weighted by Crippen LogP contribution is -2.16. The van der Waals surface area contributed by atoms with Crippen LogP contribution in [0.2, 0.25) is 5.02 Å². The number of nitrogens with two attached hydrogens (primary N) is 1. The number of nitrogen functional groups attached to an aromatic ring is 1. The summed E-state index contributed by atoms with van der Waals surface area (Å²) in [5.74, 6) is -3.40. The van der Waals surface area contributed by atoms with E-state index in [2.05, 4.69) is 10.4 Å². The molecule has 3 aromatic carbocycles. The molecule has 0 bridgehead atoms. The van der Waals surface area contributed by atoms with Gasteiger partial charge in [-0.1, -0.05) is 11.6 Å². The summed E-state index contributed by atoms with van der Waals surface area (Å²) in [4.78, 5) is 13.0. The quantitative estimate of drug-likeness (QED) is 0.273. The standard InChI is InChI=1S/C24H18ClF5N4O3/c1-34-20-11(4-5-35)8-17(32-23(36)12-6-13(24(28,29)30)9-15(27)7-12)21(19(20)22(31)33-34)37-18-10-14(26)2-3-16(18)25/h2-3,6-10,35H,4-5H2,1H3,(H2,31,33)(H,32,36). The lowest BCUT2D eigenvalue weighted by atomic mass is 10.0. The van der Waals surface area contributed by atoms with Crippen molar-refractivity contribution in [3.63, 3.8) is 0 Å². The van der Waals surface area contributed by atoms with Crippen molar-refractivity contribution in [3.8, 4) is 11.5 Å². The van der Waals surface area contributed by atoms with Gasteiger partial charge in [0.1, 0.15) is 17.4 Å². The maximum Gasteiger partial charge on any atom is 0.416 e. The number of aromatic nitrogens is 2. The maximum absolute atomic E-state index is 13.9. The third-order valence-electron chi connectivity index (χ3n) is 5.39. The number of hydrogen-bond donors (Lipinski definition) is 3. The van der Waals surface area contributed by atoms with E-state index in [1.54, 1.807) is 7.05 Å². The molecule has 1 heterocycles. The number of halogens is 6. The average molecular weight is 541 g/mol. The second-order valence-electron chi connectivity index (χ2n) is 7.98. The van der Waals surface area contributed by atoms with Crippen LogP contribution in [0.5, 0.6) is 11.5 Å². The Morgan fingerprint density at radius 3 is 2.57 bits per heavy atom. The average Bonchev–Trinajstić information content (AvgIpc) is 3.11. The number of carbonyl (C=O) groups is 1. The number of aliphatic hydroxyl groups excluding tert-OH is 1. The highest BCUT2D eigenvalue weighted by molar-refractivity contribution is 6.32. The van der Waals surface area contributed by atoms with Gasteiger partial charge in [0.15, 0.2) is 11.6 Å². The second kappa shape index (κ2) is 9.87. The molecule has 0 spiro atoms. The van der Waals surface area contributed by atoms with E-state index in [9.17, 15) is 31.9 Å². The molecule has 0 aliphatic carbocycles. The first-order valence-electron chi connectivity index (χ1n) is 10.6. The highest BCUT2D eigenvalue weighted by atomic mass is 35.5. The molecule has 4 N–H and O–H groups in total. The molecule has 0 saturated heterocycles. The minimum absolute atomic E-state index is 0.00803. The van der Waals surface area contributed by atoms with Gasteiger partial charge in [-0.25, -0.2) is 8.78 Å². The molecule has 1 aromatic heterocycles. The normalized spacial score (nSPS) is 11.7. The fourth-order valence-electron chi connectivity index (χ4n) is 3.83. The molecule has 0 unspecified atom stereocenters. The minimum Gasteiger partial charge on any atom is -0.453 e. The van der Waals surface area contributed by atoms with Crippen molar-refractivity contribution in [2.24, 2.45) is 7.05 Å². The van der Waals surface area contributed by atoms with Gasteiger partial charge >= 0.3 is 6.18 Å². The first-order valence-corrected chi connectivity index (χ1v) is 11.0. The third-order valence-corrected chi connectivity index (χ3v) is 5.70. The molecule has 0 radical (unpaired) electrons. The number of aliphatic hydroxyl groups is 1. The molecular formula is C24H18ClF5N4O3. The number of nitrogens with one attached hydrogen (secondary N) is 1. The van der Waals surface area contributed by atoms with E-state index >= 15 is 0 Å². The third kappa shape index (κ3) is 5.30. The van der Waals surface area contributed by atoms with Gasteiger partial charge in [-0.15, -0.1) is 0 Å². The molecule has 7 nitrogen and oxygen atoms in total. The van der Waals surface area contributed by atoms with Crippen LogP contribution in [0, 0.1) is 11.6 Å². The Morgan fingerprint density at radius 1 is 1.16 bits per heavy atom. The summed E-state index contributed by atoms with van der Waals surface area (Å²) in [6, 6.07) is 6.10. The lowest BCUT2D eigenvalue weighted by molar-refractivity contribution is -0.137. The number of alkyl halides is 3. The number of benzene rings is 3. The van der Waals surface area contributed by atoms with Crippen LogP contribution in [0.25, 0.3) is 10.9 Å². The molecule has 13 heteroatoms. The van der Waals surface area contributed by atoms with Gasteiger partial charge in [0.05, 0.1) is 27.2 Å². The van der Waals surface area contributed by atoms with Crippen LogP contribution < -0.4 is 15.8 Å². The zero-order valence-electron chi connectivity index (χ0n) is 19.0. The van der Waals surface area contributed by atoms with Crippen molar-refractivity contribution in [1.82, 2.24) is 9.78 Å². The minimum atomic E-state index is -4.89. The first-order chi connectivity index (χ1) is 17.4. The fourth-order valence-corrected chi connectivity index (χ4v) is 3.99. The number of hydrogen-bond acceptors (Lipinski definition) is 5. The number of amides is 1. The Kier molecular flexibility index (Phi) is 6.98. The monoisotopic (exact) mass is 540 g/mol. The summed E-state index contributed by atoms with van der Waals surface area (Å²) in [5.41, 5.74) is 4.87. The SMILES string of the molecule is Cn1nc(N)c2c(Oc3cc(F)ccc3Cl)c(NC(=O)c3cc(F)cc(C(F)(F)F)c3)cc(CCO)c21. The van der Waals surface area contributed by atoms with Gasteiger partial charge in [0.2, 0.25) is 0 Å².